The fourth-order valence-corrected chi connectivity index (χ4v) is 5.62. The van der Waals surface area contributed by atoms with Gasteiger partial charge in [0.2, 0.25) is 15.9 Å². The Kier molecular flexibility index (Phi) is 6.20. The van der Waals surface area contributed by atoms with Gasteiger partial charge in [-0.25, -0.2) is 8.42 Å². The Bertz CT molecular complexity index is 1160. The van der Waals surface area contributed by atoms with Gasteiger partial charge in [0.25, 0.3) is 0 Å². The van der Waals surface area contributed by atoms with Crippen molar-refractivity contribution < 1.29 is 13.2 Å². The van der Waals surface area contributed by atoms with Gasteiger partial charge in [-0.05, 0) is 42.2 Å². The number of fused-ring (bicyclic) bond motifs is 1. The molecular formula is C25H26N2O3S. The lowest BCUT2D eigenvalue weighted by atomic mass is 9.92. The van der Waals surface area contributed by atoms with Gasteiger partial charge in [0.05, 0.1) is 10.9 Å². The fraction of sp³-hybridized carbons (Fsp3) is 0.240. The van der Waals surface area contributed by atoms with Gasteiger partial charge in [0.1, 0.15) is 0 Å². The van der Waals surface area contributed by atoms with Crippen LogP contribution in [0.1, 0.15) is 34.7 Å². The van der Waals surface area contributed by atoms with Crippen LogP contribution in [0, 0.1) is 6.92 Å². The maximum absolute atomic E-state index is 13.5. The first-order chi connectivity index (χ1) is 14.9. The number of hydrogen-bond acceptors (Lipinski definition) is 3. The molecule has 0 saturated carbocycles. The molecule has 0 radical (unpaired) electrons. The summed E-state index contributed by atoms with van der Waals surface area (Å²) in [5.41, 5.74) is 4.00. The molecule has 1 N–H and O–H groups in total. The molecule has 160 valence electrons. The van der Waals surface area contributed by atoms with Crippen LogP contribution in [0.3, 0.4) is 0 Å². The molecule has 0 spiro atoms. The van der Waals surface area contributed by atoms with Crippen molar-refractivity contribution in [2.24, 2.45) is 0 Å². The van der Waals surface area contributed by atoms with Crippen LogP contribution in [0.15, 0.2) is 83.8 Å². The number of nitrogens with zero attached hydrogens (tertiary/aromatic N) is 1. The van der Waals surface area contributed by atoms with Crippen molar-refractivity contribution in [2.45, 2.75) is 37.2 Å². The summed E-state index contributed by atoms with van der Waals surface area (Å²) in [5, 5.41) is 2.94. The van der Waals surface area contributed by atoms with Crippen LogP contribution in [0.4, 0.5) is 0 Å². The molecule has 0 fully saturated rings. The third-order valence-corrected chi connectivity index (χ3v) is 7.62. The van der Waals surface area contributed by atoms with Crippen molar-refractivity contribution in [2.75, 3.05) is 6.54 Å². The Morgan fingerprint density at radius 2 is 1.65 bits per heavy atom. The van der Waals surface area contributed by atoms with Crippen molar-refractivity contribution in [1.29, 1.82) is 0 Å². The maximum atomic E-state index is 13.5. The van der Waals surface area contributed by atoms with E-state index in [9.17, 15) is 13.2 Å². The monoisotopic (exact) mass is 434 g/mol. The second-order valence-corrected chi connectivity index (χ2v) is 9.75. The van der Waals surface area contributed by atoms with E-state index in [0.717, 1.165) is 22.3 Å². The molecule has 0 saturated heterocycles. The molecular weight excluding hydrogens is 408 g/mol. The van der Waals surface area contributed by atoms with E-state index in [1.165, 1.54) is 4.31 Å². The van der Waals surface area contributed by atoms with Gasteiger partial charge in [-0.15, -0.1) is 0 Å². The highest BCUT2D eigenvalue weighted by atomic mass is 32.2. The summed E-state index contributed by atoms with van der Waals surface area (Å²) in [6.45, 7) is 2.69. The molecule has 5 nitrogen and oxygen atoms in total. The number of amides is 1. The number of sulfonamides is 1. The minimum absolute atomic E-state index is 0.0783. The minimum Gasteiger partial charge on any atom is -0.352 e. The van der Waals surface area contributed by atoms with Crippen LogP contribution in [0.25, 0.3) is 0 Å². The van der Waals surface area contributed by atoms with Gasteiger partial charge in [0.15, 0.2) is 0 Å². The van der Waals surface area contributed by atoms with E-state index in [0.29, 0.717) is 19.5 Å². The molecule has 0 bridgehead atoms. The van der Waals surface area contributed by atoms with E-state index in [4.69, 9.17) is 0 Å². The van der Waals surface area contributed by atoms with Gasteiger partial charge in [-0.2, -0.15) is 4.31 Å². The Morgan fingerprint density at radius 1 is 0.968 bits per heavy atom. The predicted octanol–water partition coefficient (Wildman–Crippen LogP) is 3.99. The largest absolute Gasteiger partial charge is 0.352 e. The quantitative estimate of drug-likeness (QED) is 0.638. The summed E-state index contributed by atoms with van der Waals surface area (Å²) in [7, 11) is -3.73. The number of rotatable bonds is 6. The van der Waals surface area contributed by atoms with Crippen molar-refractivity contribution in [3.05, 3.63) is 101 Å². The summed E-state index contributed by atoms with van der Waals surface area (Å²) in [5.74, 6) is -0.172. The standard InChI is InChI=1S/C25H26N2O3S/c1-19-11-13-22(14-12-19)31(29,30)27-16-15-21-9-5-6-10-23(21)24(27)17-25(28)26-18-20-7-3-2-4-8-20/h2-14,24H,15-18H2,1H3,(H,26,28)/t24-/m0/s1. The van der Waals surface area contributed by atoms with E-state index < -0.39 is 16.1 Å². The molecule has 0 unspecified atom stereocenters. The second-order valence-electron chi connectivity index (χ2n) is 7.86. The zero-order valence-electron chi connectivity index (χ0n) is 17.5. The first-order valence-corrected chi connectivity index (χ1v) is 11.9. The van der Waals surface area contributed by atoms with Crippen molar-refractivity contribution in [3.63, 3.8) is 0 Å². The molecule has 1 aliphatic rings. The van der Waals surface area contributed by atoms with Gasteiger partial charge in [-0.1, -0.05) is 72.3 Å². The molecule has 6 heteroatoms. The molecule has 3 aromatic rings. The molecule has 4 rings (SSSR count). The molecule has 0 aliphatic carbocycles. The number of carbonyl (C=O) groups excluding carboxylic acids is 1. The number of aryl methyl sites for hydroxylation is 1. The van der Waals surface area contributed by atoms with Crippen LogP contribution < -0.4 is 5.32 Å². The summed E-state index contributed by atoms with van der Waals surface area (Å²) >= 11 is 0. The Labute approximate surface area is 183 Å². The fourth-order valence-electron chi connectivity index (χ4n) is 4.02. The number of hydrogen-bond donors (Lipinski definition) is 1. The van der Waals surface area contributed by atoms with E-state index in [1.807, 2.05) is 61.5 Å². The minimum atomic E-state index is -3.73. The Hall–Kier alpha value is -2.96. The zero-order valence-corrected chi connectivity index (χ0v) is 18.3. The first kappa shape index (κ1) is 21.3. The van der Waals surface area contributed by atoms with E-state index >= 15 is 0 Å². The maximum Gasteiger partial charge on any atom is 0.243 e. The topological polar surface area (TPSA) is 66.5 Å². The SMILES string of the molecule is Cc1ccc(S(=O)(=O)N2CCc3ccccc3[C@@H]2CC(=O)NCc2ccccc2)cc1. The summed E-state index contributed by atoms with van der Waals surface area (Å²) in [6.07, 6.45) is 0.707. The van der Waals surface area contributed by atoms with Crippen molar-refractivity contribution in [1.82, 2.24) is 9.62 Å². The highest BCUT2D eigenvalue weighted by Gasteiger charge is 2.37. The molecule has 1 amide bonds. The second kappa shape index (κ2) is 9.04. The average Bonchev–Trinajstić information content (AvgIpc) is 2.79. The van der Waals surface area contributed by atoms with Gasteiger partial charge in [-0.3, -0.25) is 4.79 Å². The highest BCUT2D eigenvalue weighted by Crippen LogP contribution is 2.36. The Balaban J connectivity index is 1.60. The molecule has 3 aromatic carbocycles. The van der Waals surface area contributed by atoms with E-state index in [-0.39, 0.29) is 17.2 Å². The normalized spacial score (nSPS) is 16.5. The lowest BCUT2D eigenvalue weighted by Crippen LogP contribution is -2.42. The molecule has 1 aliphatic heterocycles. The first-order valence-electron chi connectivity index (χ1n) is 10.4. The van der Waals surface area contributed by atoms with Crippen LogP contribution >= 0.6 is 0 Å². The average molecular weight is 435 g/mol. The molecule has 0 aromatic heterocycles. The van der Waals surface area contributed by atoms with Crippen molar-refractivity contribution >= 4 is 15.9 Å². The predicted molar refractivity (Wildman–Crippen MR) is 121 cm³/mol. The van der Waals surface area contributed by atoms with Crippen LogP contribution in [-0.2, 0) is 27.8 Å². The molecule has 1 atom stereocenters. The number of carbonyl (C=O) groups is 1. The van der Waals surface area contributed by atoms with E-state index in [1.54, 1.807) is 24.3 Å². The van der Waals surface area contributed by atoms with Crippen LogP contribution in [0.5, 0.6) is 0 Å². The lowest BCUT2D eigenvalue weighted by Gasteiger charge is -2.36. The number of nitrogens with one attached hydrogen (secondary N) is 1. The van der Waals surface area contributed by atoms with Crippen LogP contribution in [0.2, 0.25) is 0 Å². The smallest absolute Gasteiger partial charge is 0.243 e. The number of benzene rings is 3. The van der Waals surface area contributed by atoms with Gasteiger partial charge >= 0.3 is 0 Å². The third kappa shape index (κ3) is 4.70. The van der Waals surface area contributed by atoms with Crippen molar-refractivity contribution in [3.8, 4) is 0 Å². The van der Waals surface area contributed by atoms with Gasteiger partial charge in [0, 0.05) is 19.5 Å². The molecule has 31 heavy (non-hydrogen) atoms. The lowest BCUT2D eigenvalue weighted by molar-refractivity contribution is -0.122. The van der Waals surface area contributed by atoms with Crippen LogP contribution in [-0.4, -0.2) is 25.2 Å². The van der Waals surface area contributed by atoms with Gasteiger partial charge < -0.3 is 5.32 Å². The summed E-state index contributed by atoms with van der Waals surface area (Å²) in [4.78, 5) is 13.1. The highest BCUT2D eigenvalue weighted by molar-refractivity contribution is 7.89. The Morgan fingerprint density at radius 3 is 2.39 bits per heavy atom. The van der Waals surface area contributed by atoms with E-state index in [2.05, 4.69) is 5.32 Å². The zero-order chi connectivity index (χ0) is 21.8. The summed E-state index contributed by atoms with van der Waals surface area (Å²) in [6, 6.07) is 23.8. The molecule has 1 heterocycles. The third-order valence-electron chi connectivity index (χ3n) is 5.70. The summed E-state index contributed by atoms with van der Waals surface area (Å²) < 4.78 is 28.4.